The Kier molecular flexibility index (Phi) is 3.25. The van der Waals surface area contributed by atoms with Crippen LogP contribution in [0.5, 0.6) is 0 Å². The van der Waals surface area contributed by atoms with E-state index in [9.17, 15) is 9.90 Å². The van der Waals surface area contributed by atoms with Gasteiger partial charge in [0.25, 0.3) is 0 Å². The van der Waals surface area contributed by atoms with Gasteiger partial charge in [0, 0.05) is 0 Å². The van der Waals surface area contributed by atoms with E-state index in [2.05, 4.69) is 5.32 Å². The topological polar surface area (TPSA) is 67.8 Å². The first-order valence-electron chi connectivity index (χ1n) is 5.03. The van der Waals surface area contributed by atoms with Gasteiger partial charge in [0.1, 0.15) is 11.2 Å². The third-order valence-corrected chi connectivity index (χ3v) is 2.24. The maximum absolute atomic E-state index is 11.4. The largest absolute Gasteiger partial charge is 0.444 e. The van der Waals surface area contributed by atoms with Crippen molar-refractivity contribution in [1.29, 1.82) is 0 Å². The summed E-state index contributed by atoms with van der Waals surface area (Å²) in [7, 11) is 0. The van der Waals surface area contributed by atoms with Gasteiger partial charge < -0.3 is 19.9 Å². The Bertz CT molecular complexity index is 242. The van der Waals surface area contributed by atoms with Crippen molar-refractivity contribution in [3.63, 3.8) is 0 Å². The molecule has 5 nitrogen and oxygen atoms in total. The van der Waals surface area contributed by atoms with Gasteiger partial charge >= 0.3 is 6.09 Å². The molecule has 0 bridgehead atoms. The minimum Gasteiger partial charge on any atom is -0.444 e. The maximum atomic E-state index is 11.4. The molecular weight excluding hydrogens is 198 g/mol. The molecule has 88 valence electrons. The van der Waals surface area contributed by atoms with Crippen molar-refractivity contribution in [3.05, 3.63) is 0 Å². The Balaban J connectivity index is 2.38. The lowest BCUT2D eigenvalue weighted by Crippen LogP contribution is -2.62. The van der Waals surface area contributed by atoms with E-state index in [0.717, 1.165) is 0 Å². The number of ether oxygens (including phenoxy) is 2. The van der Waals surface area contributed by atoms with Crippen LogP contribution in [0.3, 0.4) is 0 Å². The molecule has 1 amide bonds. The number of hydrogen-bond acceptors (Lipinski definition) is 4. The molecule has 1 saturated heterocycles. The molecule has 0 aromatic carbocycles. The van der Waals surface area contributed by atoms with Crippen molar-refractivity contribution >= 4 is 6.09 Å². The van der Waals surface area contributed by atoms with E-state index in [1.807, 2.05) is 0 Å². The molecule has 1 aliphatic heterocycles. The first-order valence-corrected chi connectivity index (χ1v) is 5.03. The molecule has 1 heterocycles. The highest BCUT2D eigenvalue weighted by Gasteiger charge is 2.42. The van der Waals surface area contributed by atoms with Crippen LogP contribution in [0.25, 0.3) is 0 Å². The third-order valence-electron chi connectivity index (χ3n) is 2.24. The zero-order valence-corrected chi connectivity index (χ0v) is 9.66. The highest BCUT2D eigenvalue weighted by Crippen LogP contribution is 2.21. The van der Waals surface area contributed by atoms with Gasteiger partial charge in [-0.2, -0.15) is 0 Å². The lowest BCUT2D eigenvalue weighted by atomic mass is 9.94. The Morgan fingerprint density at radius 3 is 2.40 bits per heavy atom. The molecule has 1 rings (SSSR count). The molecule has 1 unspecified atom stereocenters. The predicted molar refractivity (Wildman–Crippen MR) is 54.6 cm³/mol. The lowest BCUT2D eigenvalue weighted by molar-refractivity contribution is -0.190. The summed E-state index contributed by atoms with van der Waals surface area (Å²) in [4.78, 5) is 11.4. The quantitative estimate of drug-likeness (QED) is 0.713. The van der Waals surface area contributed by atoms with E-state index in [0.29, 0.717) is 0 Å². The maximum Gasteiger partial charge on any atom is 0.407 e. The van der Waals surface area contributed by atoms with Gasteiger partial charge in [0.2, 0.25) is 0 Å². The molecule has 15 heavy (non-hydrogen) atoms. The smallest absolute Gasteiger partial charge is 0.407 e. The van der Waals surface area contributed by atoms with Gasteiger partial charge in [0.05, 0.1) is 19.3 Å². The van der Waals surface area contributed by atoms with Crippen LogP contribution in [0.2, 0.25) is 0 Å². The molecule has 2 N–H and O–H groups in total. The van der Waals surface area contributed by atoms with Crippen molar-refractivity contribution in [1.82, 2.24) is 5.32 Å². The summed E-state index contributed by atoms with van der Waals surface area (Å²) in [5, 5.41) is 12.4. The number of rotatable bonds is 2. The molecule has 1 aliphatic rings. The van der Waals surface area contributed by atoms with E-state index >= 15 is 0 Å². The Hall–Kier alpha value is -0.810. The van der Waals surface area contributed by atoms with E-state index in [-0.39, 0.29) is 19.3 Å². The van der Waals surface area contributed by atoms with Crippen LogP contribution >= 0.6 is 0 Å². The number of aliphatic hydroxyl groups is 1. The second kappa shape index (κ2) is 3.98. The monoisotopic (exact) mass is 217 g/mol. The SMILES string of the molecule is CC(NC(=O)OC(C)(C)C)C1(O)COC1. The van der Waals surface area contributed by atoms with Crippen LogP contribution in [0.15, 0.2) is 0 Å². The molecular formula is C10H19NO4. The van der Waals surface area contributed by atoms with E-state index in [1.165, 1.54) is 0 Å². The summed E-state index contributed by atoms with van der Waals surface area (Å²) in [5.74, 6) is 0. The average molecular weight is 217 g/mol. The Morgan fingerprint density at radius 1 is 1.53 bits per heavy atom. The fourth-order valence-corrected chi connectivity index (χ4v) is 1.18. The average Bonchev–Trinajstić information content (AvgIpc) is 1.95. The second-order valence-corrected chi connectivity index (χ2v) is 4.96. The highest BCUT2D eigenvalue weighted by molar-refractivity contribution is 5.68. The normalized spacial score (nSPS) is 21.4. The first kappa shape index (κ1) is 12.3. The molecule has 1 fully saturated rings. The molecule has 5 heteroatoms. The molecule has 0 aromatic heterocycles. The van der Waals surface area contributed by atoms with Gasteiger partial charge in [-0.25, -0.2) is 4.79 Å². The van der Waals surface area contributed by atoms with Crippen molar-refractivity contribution in [2.75, 3.05) is 13.2 Å². The standard InChI is InChI=1S/C10H19NO4/c1-7(10(13)5-14-6-10)11-8(12)15-9(2,3)4/h7,13H,5-6H2,1-4H3,(H,11,12). The summed E-state index contributed by atoms with van der Waals surface area (Å²) in [5.41, 5.74) is -1.47. The summed E-state index contributed by atoms with van der Waals surface area (Å²) >= 11 is 0. The van der Waals surface area contributed by atoms with Crippen LogP contribution in [-0.2, 0) is 9.47 Å². The van der Waals surface area contributed by atoms with Gasteiger partial charge in [-0.05, 0) is 27.7 Å². The van der Waals surface area contributed by atoms with Crippen LogP contribution in [0.1, 0.15) is 27.7 Å². The number of hydrogen-bond donors (Lipinski definition) is 2. The summed E-state index contributed by atoms with van der Waals surface area (Å²) < 4.78 is 9.97. The van der Waals surface area contributed by atoms with Crippen LogP contribution in [-0.4, -0.2) is 41.7 Å². The summed E-state index contributed by atoms with van der Waals surface area (Å²) in [6.45, 7) is 7.61. The molecule has 0 aromatic rings. The molecule has 0 radical (unpaired) electrons. The van der Waals surface area contributed by atoms with E-state index in [1.54, 1.807) is 27.7 Å². The van der Waals surface area contributed by atoms with Gasteiger partial charge in [-0.3, -0.25) is 0 Å². The number of carbonyl (C=O) groups excluding carboxylic acids is 1. The van der Waals surface area contributed by atoms with E-state index in [4.69, 9.17) is 9.47 Å². The van der Waals surface area contributed by atoms with Gasteiger partial charge in [-0.1, -0.05) is 0 Å². The number of alkyl carbamates (subject to hydrolysis) is 1. The molecule has 0 saturated carbocycles. The molecule has 0 spiro atoms. The fraction of sp³-hybridized carbons (Fsp3) is 0.900. The molecule has 1 atom stereocenters. The van der Waals surface area contributed by atoms with E-state index < -0.39 is 17.3 Å². The minimum atomic E-state index is -0.948. The summed E-state index contributed by atoms with van der Waals surface area (Å²) in [6, 6.07) is -0.374. The van der Waals surface area contributed by atoms with Crippen molar-refractivity contribution in [2.45, 2.75) is 44.9 Å². The fourth-order valence-electron chi connectivity index (χ4n) is 1.18. The number of carbonyl (C=O) groups is 1. The second-order valence-electron chi connectivity index (χ2n) is 4.96. The Labute approximate surface area is 89.8 Å². The summed E-state index contributed by atoms with van der Waals surface area (Å²) in [6.07, 6.45) is -0.518. The third kappa shape index (κ3) is 3.35. The van der Waals surface area contributed by atoms with Crippen LogP contribution in [0.4, 0.5) is 4.79 Å². The zero-order chi connectivity index (χ0) is 11.7. The highest BCUT2D eigenvalue weighted by atomic mass is 16.6. The lowest BCUT2D eigenvalue weighted by Gasteiger charge is -2.41. The van der Waals surface area contributed by atoms with Crippen LogP contribution in [0, 0.1) is 0 Å². The number of nitrogens with one attached hydrogen (secondary N) is 1. The van der Waals surface area contributed by atoms with Crippen LogP contribution < -0.4 is 5.32 Å². The first-order chi connectivity index (χ1) is 6.73. The molecule has 0 aliphatic carbocycles. The van der Waals surface area contributed by atoms with Gasteiger partial charge in [-0.15, -0.1) is 0 Å². The minimum absolute atomic E-state index is 0.254. The van der Waals surface area contributed by atoms with Crippen molar-refractivity contribution < 1.29 is 19.4 Å². The van der Waals surface area contributed by atoms with Gasteiger partial charge in [0.15, 0.2) is 0 Å². The van der Waals surface area contributed by atoms with Crippen molar-refractivity contribution in [3.8, 4) is 0 Å². The number of amides is 1. The zero-order valence-electron chi connectivity index (χ0n) is 9.66. The predicted octanol–water partition coefficient (Wildman–Crippen LogP) is 0.661. The Morgan fingerprint density at radius 2 is 2.07 bits per heavy atom. The van der Waals surface area contributed by atoms with Crippen molar-refractivity contribution in [2.24, 2.45) is 0 Å².